The first-order valence-corrected chi connectivity index (χ1v) is 3.82. The zero-order valence-electron chi connectivity index (χ0n) is 5.59. The minimum absolute atomic E-state index is 1.00. The lowest BCUT2D eigenvalue weighted by molar-refractivity contribution is 0.764. The lowest BCUT2D eigenvalue weighted by Gasteiger charge is -1.96. The number of thiol groups is 1. The minimum Gasteiger partial charge on any atom is -0.309 e. The molecule has 52 valence electrons. The zero-order chi connectivity index (χ0) is 6.97. The highest BCUT2D eigenvalue weighted by Crippen LogP contribution is 2.18. The van der Waals surface area contributed by atoms with E-state index in [9.17, 15) is 0 Å². The fourth-order valence-electron chi connectivity index (χ4n) is 1.28. The minimum atomic E-state index is 1.00. The summed E-state index contributed by atoms with van der Waals surface area (Å²) < 4.78 is 0. The van der Waals surface area contributed by atoms with Gasteiger partial charge in [0.05, 0.1) is 0 Å². The summed E-state index contributed by atoms with van der Waals surface area (Å²) in [4.78, 5) is 1.06. The Labute approximate surface area is 65.9 Å². The predicted octanol–water partition coefficient (Wildman–Crippen LogP) is 1.58. The molecule has 0 amide bonds. The Balaban J connectivity index is 2.52. The molecule has 1 aromatic carbocycles. The van der Waals surface area contributed by atoms with Crippen molar-refractivity contribution >= 4 is 12.6 Å². The molecule has 0 fully saturated rings. The van der Waals surface area contributed by atoms with E-state index in [2.05, 4.69) is 30.1 Å². The highest BCUT2D eigenvalue weighted by molar-refractivity contribution is 7.80. The third-order valence-corrected chi connectivity index (χ3v) is 2.10. The molecule has 0 saturated carbocycles. The summed E-state index contributed by atoms with van der Waals surface area (Å²) in [6, 6.07) is 6.30. The number of nitrogens with one attached hydrogen (secondary N) is 1. The highest BCUT2D eigenvalue weighted by Gasteiger charge is 2.08. The average molecular weight is 151 g/mol. The second-order valence-electron chi connectivity index (χ2n) is 2.56. The van der Waals surface area contributed by atoms with Crippen LogP contribution in [-0.2, 0) is 13.1 Å². The molecule has 1 heterocycles. The van der Waals surface area contributed by atoms with Gasteiger partial charge in [0, 0.05) is 18.0 Å². The Bertz CT molecular complexity index is 257. The fraction of sp³-hybridized carbons (Fsp3) is 0.250. The van der Waals surface area contributed by atoms with Crippen LogP contribution in [-0.4, -0.2) is 0 Å². The lowest BCUT2D eigenvalue weighted by Crippen LogP contribution is -1.99. The van der Waals surface area contributed by atoms with E-state index in [0.717, 1.165) is 18.0 Å². The second kappa shape index (κ2) is 2.29. The number of benzene rings is 1. The van der Waals surface area contributed by atoms with Crippen LogP contribution in [0.25, 0.3) is 0 Å². The van der Waals surface area contributed by atoms with E-state index < -0.39 is 0 Å². The molecule has 0 bridgehead atoms. The Morgan fingerprint density at radius 1 is 1.20 bits per heavy atom. The summed E-state index contributed by atoms with van der Waals surface area (Å²) in [5, 5.41) is 3.28. The van der Waals surface area contributed by atoms with Gasteiger partial charge in [0.2, 0.25) is 0 Å². The van der Waals surface area contributed by atoms with Crippen molar-refractivity contribution in [2.75, 3.05) is 0 Å². The Morgan fingerprint density at radius 2 is 2.00 bits per heavy atom. The van der Waals surface area contributed by atoms with Gasteiger partial charge in [-0.1, -0.05) is 6.07 Å². The topological polar surface area (TPSA) is 12.0 Å². The first-order chi connectivity index (χ1) is 4.86. The normalized spacial score (nSPS) is 15.3. The number of rotatable bonds is 0. The van der Waals surface area contributed by atoms with Crippen molar-refractivity contribution in [2.24, 2.45) is 0 Å². The van der Waals surface area contributed by atoms with Crippen LogP contribution < -0.4 is 5.32 Å². The Morgan fingerprint density at radius 3 is 2.90 bits per heavy atom. The molecule has 0 spiro atoms. The maximum atomic E-state index is 4.26. The van der Waals surface area contributed by atoms with Crippen LogP contribution in [0.2, 0.25) is 0 Å². The molecular formula is C8H9NS. The molecule has 0 unspecified atom stereocenters. The smallest absolute Gasteiger partial charge is 0.0212 e. The quantitative estimate of drug-likeness (QED) is 0.536. The molecule has 0 aromatic heterocycles. The summed E-state index contributed by atoms with van der Waals surface area (Å²) in [5.74, 6) is 0. The van der Waals surface area contributed by atoms with E-state index in [4.69, 9.17) is 0 Å². The van der Waals surface area contributed by atoms with Crippen LogP contribution in [0.5, 0.6) is 0 Å². The van der Waals surface area contributed by atoms with Crippen LogP contribution in [0.3, 0.4) is 0 Å². The summed E-state index contributed by atoms with van der Waals surface area (Å²) in [5.41, 5.74) is 2.81. The molecule has 0 aliphatic carbocycles. The van der Waals surface area contributed by atoms with Gasteiger partial charge in [-0.25, -0.2) is 0 Å². The SMILES string of the molecule is Sc1ccc2c(c1)CNC2. The first-order valence-electron chi connectivity index (χ1n) is 3.38. The van der Waals surface area contributed by atoms with E-state index >= 15 is 0 Å². The van der Waals surface area contributed by atoms with Gasteiger partial charge in [-0.3, -0.25) is 0 Å². The van der Waals surface area contributed by atoms with E-state index in [0.29, 0.717) is 0 Å². The van der Waals surface area contributed by atoms with Gasteiger partial charge in [-0.05, 0) is 23.3 Å². The van der Waals surface area contributed by atoms with Gasteiger partial charge >= 0.3 is 0 Å². The predicted molar refractivity (Wildman–Crippen MR) is 44.2 cm³/mol. The first kappa shape index (κ1) is 6.25. The molecule has 0 radical (unpaired) electrons. The standard InChI is InChI=1S/C8H9NS/c10-8-2-1-6-4-9-5-7(6)3-8/h1-3,9-10H,4-5H2. The molecule has 1 N–H and O–H groups in total. The summed E-state index contributed by atoms with van der Waals surface area (Å²) in [6.45, 7) is 2.02. The van der Waals surface area contributed by atoms with Crippen molar-refractivity contribution in [3.8, 4) is 0 Å². The monoisotopic (exact) mass is 151 g/mol. The molecule has 2 rings (SSSR count). The van der Waals surface area contributed by atoms with Crippen LogP contribution >= 0.6 is 12.6 Å². The van der Waals surface area contributed by atoms with Crippen molar-refractivity contribution in [2.45, 2.75) is 18.0 Å². The van der Waals surface area contributed by atoms with Crippen molar-refractivity contribution in [1.82, 2.24) is 5.32 Å². The van der Waals surface area contributed by atoms with Gasteiger partial charge in [0.25, 0.3) is 0 Å². The van der Waals surface area contributed by atoms with Crippen molar-refractivity contribution in [3.63, 3.8) is 0 Å². The largest absolute Gasteiger partial charge is 0.309 e. The van der Waals surface area contributed by atoms with Crippen LogP contribution in [0.1, 0.15) is 11.1 Å². The molecule has 1 aliphatic heterocycles. The van der Waals surface area contributed by atoms with Crippen LogP contribution in [0, 0.1) is 0 Å². The Kier molecular flexibility index (Phi) is 1.43. The summed E-state index contributed by atoms with van der Waals surface area (Å²) in [6.07, 6.45) is 0. The van der Waals surface area contributed by atoms with Gasteiger partial charge in [-0.2, -0.15) is 0 Å². The van der Waals surface area contributed by atoms with E-state index in [1.54, 1.807) is 0 Å². The highest BCUT2D eigenvalue weighted by atomic mass is 32.1. The average Bonchev–Trinajstić information content (AvgIpc) is 2.33. The van der Waals surface area contributed by atoms with E-state index in [1.165, 1.54) is 11.1 Å². The van der Waals surface area contributed by atoms with Gasteiger partial charge in [-0.15, -0.1) is 12.6 Å². The zero-order valence-corrected chi connectivity index (χ0v) is 6.49. The lowest BCUT2D eigenvalue weighted by atomic mass is 10.1. The molecule has 10 heavy (non-hydrogen) atoms. The maximum absolute atomic E-state index is 4.26. The van der Waals surface area contributed by atoms with E-state index in [-0.39, 0.29) is 0 Å². The van der Waals surface area contributed by atoms with Crippen LogP contribution in [0.15, 0.2) is 23.1 Å². The van der Waals surface area contributed by atoms with Gasteiger partial charge < -0.3 is 5.32 Å². The van der Waals surface area contributed by atoms with E-state index in [1.807, 2.05) is 6.07 Å². The Hall–Kier alpha value is -0.470. The van der Waals surface area contributed by atoms with Crippen LogP contribution in [0.4, 0.5) is 0 Å². The summed E-state index contributed by atoms with van der Waals surface area (Å²) >= 11 is 4.26. The summed E-state index contributed by atoms with van der Waals surface area (Å²) in [7, 11) is 0. The fourth-order valence-corrected chi connectivity index (χ4v) is 1.51. The molecule has 0 saturated heterocycles. The van der Waals surface area contributed by atoms with Crippen molar-refractivity contribution in [1.29, 1.82) is 0 Å². The molecule has 1 nitrogen and oxygen atoms in total. The van der Waals surface area contributed by atoms with Crippen molar-refractivity contribution in [3.05, 3.63) is 29.3 Å². The number of hydrogen-bond acceptors (Lipinski definition) is 2. The van der Waals surface area contributed by atoms with Gasteiger partial charge in [0.15, 0.2) is 0 Å². The number of hydrogen-bond donors (Lipinski definition) is 2. The maximum Gasteiger partial charge on any atom is 0.0212 e. The third-order valence-electron chi connectivity index (χ3n) is 1.82. The molecule has 2 heteroatoms. The molecule has 1 aromatic rings. The van der Waals surface area contributed by atoms with Crippen molar-refractivity contribution < 1.29 is 0 Å². The van der Waals surface area contributed by atoms with Gasteiger partial charge in [0.1, 0.15) is 0 Å². The molecule has 1 aliphatic rings. The second-order valence-corrected chi connectivity index (χ2v) is 3.07. The molecule has 0 atom stereocenters. The molecular weight excluding hydrogens is 142 g/mol. The number of fused-ring (bicyclic) bond motifs is 1. The third kappa shape index (κ3) is 0.935.